The van der Waals surface area contributed by atoms with Crippen LogP contribution in [0.3, 0.4) is 0 Å². The lowest BCUT2D eigenvalue weighted by molar-refractivity contribution is -0.132. The molecule has 0 aromatic heterocycles. The highest BCUT2D eigenvalue weighted by atomic mass is 28.4. The van der Waals surface area contributed by atoms with E-state index >= 15 is 0 Å². The van der Waals surface area contributed by atoms with Gasteiger partial charge in [0.25, 0.3) is 0 Å². The molecule has 0 bridgehead atoms. The first kappa shape index (κ1) is 37.6. The maximum atomic E-state index is 13.7. The SMILES string of the molecule is CC(C)C[C@H](NC(=O)OC(C)(C)C)[C@H](C[C@H](C(=O)N[C@@H](C)C(=O)NCc1ccccc1)C(C)C)O[Si](C)(C)C(C)(C)C. The topological polar surface area (TPSA) is 106 Å². The Morgan fingerprint density at radius 3 is 1.88 bits per heavy atom. The van der Waals surface area contributed by atoms with E-state index in [9.17, 15) is 14.4 Å². The van der Waals surface area contributed by atoms with Gasteiger partial charge in [-0.3, -0.25) is 9.59 Å². The van der Waals surface area contributed by atoms with E-state index in [0.717, 1.165) is 5.56 Å². The van der Waals surface area contributed by atoms with Gasteiger partial charge in [0.2, 0.25) is 11.8 Å². The Labute approximate surface area is 256 Å². The lowest BCUT2D eigenvalue weighted by atomic mass is 9.85. The first-order valence-electron chi connectivity index (χ1n) is 15.4. The molecule has 1 rings (SSSR count). The number of benzene rings is 1. The van der Waals surface area contributed by atoms with Crippen LogP contribution in [0, 0.1) is 17.8 Å². The van der Waals surface area contributed by atoms with Gasteiger partial charge >= 0.3 is 6.09 Å². The van der Waals surface area contributed by atoms with E-state index in [1.165, 1.54) is 0 Å². The standard InChI is InChI=1S/C33H59N3O5Si/c1-22(2)19-27(36-31(39)40-32(6,7)8)28(41-42(12,13)33(9,10)11)20-26(23(3)4)30(38)35-24(5)29(37)34-21-25-17-15-14-16-18-25/h14-18,22-24,26-28H,19-21H2,1-13H3,(H,34,37)(H,35,38)(H,36,39)/t24-,26-,27-,28-/m0/s1. The van der Waals surface area contributed by atoms with Crippen molar-refractivity contribution in [1.82, 2.24) is 16.0 Å². The van der Waals surface area contributed by atoms with E-state index in [-0.39, 0.29) is 34.7 Å². The number of rotatable bonds is 14. The van der Waals surface area contributed by atoms with E-state index in [4.69, 9.17) is 9.16 Å². The van der Waals surface area contributed by atoms with Gasteiger partial charge in [-0.25, -0.2) is 4.79 Å². The van der Waals surface area contributed by atoms with Crippen LogP contribution in [-0.4, -0.2) is 50.0 Å². The molecule has 0 aliphatic carbocycles. The highest BCUT2D eigenvalue weighted by Crippen LogP contribution is 2.39. The summed E-state index contributed by atoms with van der Waals surface area (Å²) in [6.45, 7) is 26.7. The zero-order valence-corrected chi connectivity index (χ0v) is 29.5. The van der Waals surface area contributed by atoms with Gasteiger partial charge in [-0.05, 0) is 76.1 Å². The molecular weight excluding hydrogens is 546 g/mol. The molecule has 1 aromatic rings. The lowest BCUT2D eigenvalue weighted by Crippen LogP contribution is -2.54. The number of carbonyl (C=O) groups excluding carboxylic acids is 3. The number of alkyl carbamates (subject to hydrolysis) is 1. The quantitative estimate of drug-likeness (QED) is 0.202. The molecular formula is C33H59N3O5Si. The van der Waals surface area contributed by atoms with Gasteiger partial charge in [0, 0.05) is 12.5 Å². The van der Waals surface area contributed by atoms with Crippen molar-refractivity contribution in [2.24, 2.45) is 17.8 Å². The predicted octanol–water partition coefficient (Wildman–Crippen LogP) is 6.80. The summed E-state index contributed by atoms with van der Waals surface area (Å²) in [5.74, 6) is -0.615. The van der Waals surface area contributed by atoms with Gasteiger partial charge in [-0.15, -0.1) is 0 Å². The molecule has 3 N–H and O–H groups in total. The van der Waals surface area contributed by atoms with Crippen molar-refractivity contribution in [3.05, 3.63) is 35.9 Å². The Morgan fingerprint density at radius 2 is 1.40 bits per heavy atom. The summed E-state index contributed by atoms with van der Waals surface area (Å²) in [6, 6.07) is 8.61. The zero-order chi connectivity index (χ0) is 32.5. The second kappa shape index (κ2) is 15.9. The number of nitrogens with one attached hydrogen (secondary N) is 3. The summed E-state index contributed by atoms with van der Waals surface area (Å²) in [4.78, 5) is 39.5. The van der Waals surface area contributed by atoms with Crippen LogP contribution in [-0.2, 0) is 25.3 Å². The first-order valence-corrected chi connectivity index (χ1v) is 18.3. The summed E-state index contributed by atoms with van der Waals surface area (Å²) in [5, 5.41) is 8.87. The fraction of sp³-hybridized carbons (Fsp3) is 0.727. The third-order valence-corrected chi connectivity index (χ3v) is 12.3. The Morgan fingerprint density at radius 1 is 0.833 bits per heavy atom. The van der Waals surface area contributed by atoms with Crippen molar-refractivity contribution >= 4 is 26.2 Å². The van der Waals surface area contributed by atoms with Crippen molar-refractivity contribution < 1.29 is 23.5 Å². The molecule has 240 valence electrons. The third kappa shape index (κ3) is 13.3. The molecule has 0 heterocycles. The molecule has 4 atom stereocenters. The summed E-state index contributed by atoms with van der Waals surface area (Å²) < 4.78 is 12.6. The maximum absolute atomic E-state index is 13.7. The van der Waals surface area contributed by atoms with Crippen molar-refractivity contribution in [2.75, 3.05) is 0 Å². The summed E-state index contributed by atoms with van der Waals surface area (Å²) in [6.07, 6.45) is 0.164. The van der Waals surface area contributed by atoms with Crippen LogP contribution in [0.15, 0.2) is 30.3 Å². The first-order chi connectivity index (χ1) is 19.1. The minimum absolute atomic E-state index is 0.0173. The Hall–Kier alpha value is -2.39. The van der Waals surface area contributed by atoms with Crippen LogP contribution in [0.5, 0.6) is 0 Å². The minimum Gasteiger partial charge on any atom is -0.444 e. The van der Waals surface area contributed by atoms with E-state index in [1.807, 2.05) is 65.0 Å². The van der Waals surface area contributed by atoms with Crippen LogP contribution < -0.4 is 16.0 Å². The number of hydrogen-bond acceptors (Lipinski definition) is 5. The van der Waals surface area contributed by atoms with Crippen LogP contribution in [0.25, 0.3) is 0 Å². The zero-order valence-electron chi connectivity index (χ0n) is 28.5. The van der Waals surface area contributed by atoms with Gasteiger partial charge in [-0.1, -0.05) is 78.8 Å². The van der Waals surface area contributed by atoms with E-state index in [1.54, 1.807) is 6.92 Å². The molecule has 9 heteroatoms. The fourth-order valence-corrected chi connectivity index (χ4v) is 5.75. The van der Waals surface area contributed by atoms with Crippen molar-refractivity contribution in [1.29, 1.82) is 0 Å². The molecule has 0 aliphatic rings. The maximum Gasteiger partial charge on any atom is 0.407 e. The smallest absolute Gasteiger partial charge is 0.407 e. The van der Waals surface area contributed by atoms with Gasteiger partial charge in [0.1, 0.15) is 11.6 Å². The number of carbonyl (C=O) groups is 3. The van der Waals surface area contributed by atoms with Crippen LogP contribution >= 0.6 is 0 Å². The number of ether oxygens (including phenoxy) is 1. The fourth-order valence-electron chi connectivity index (χ4n) is 4.38. The van der Waals surface area contributed by atoms with Gasteiger partial charge < -0.3 is 25.1 Å². The summed E-state index contributed by atoms with van der Waals surface area (Å²) in [7, 11) is -2.30. The molecule has 0 fully saturated rings. The second-order valence-corrected chi connectivity index (χ2v) is 19.6. The van der Waals surface area contributed by atoms with Crippen molar-refractivity contribution in [3.63, 3.8) is 0 Å². The minimum atomic E-state index is -2.30. The molecule has 3 amide bonds. The third-order valence-electron chi connectivity index (χ3n) is 7.82. The van der Waals surface area contributed by atoms with Crippen LogP contribution in [0.2, 0.25) is 18.1 Å². The molecule has 1 aromatic carbocycles. The van der Waals surface area contributed by atoms with E-state index in [2.05, 4.69) is 63.7 Å². The molecule has 42 heavy (non-hydrogen) atoms. The number of hydrogen-bond donors (Lipinski definition) is 3. The second-order valence-electron chi connectivity index (χ2n) is 14.8. The Balaban J connectivity index is 3.22. The molecule has 8 nitrogen and oxygen atoms in total. The van der Waals surface area contributed by atoms with Gasteiger partial charge in [0.05, 0.1) is 12.1 Å². The van der Waals surface area contributed by atoms with E-state index < -0.39 is 38.1 Å². The molecule has 0 spiro atoms. The van der Waals surface area contributed by atoms with Crippen molar-refractivity contribution in [2.45, 2.75) is 137 Å². The van der Waals surface area contributed by atoms with Crippen LogP contribution in [0.1, 0.15) is 94.6 Å². The Kier molecular flexibility index (Phi) is 14.2. The average Bonchev–Trinajstić information content (AvgIpc) is 2.82. The van der Waals surface area contributed by atoms with Crippen LogP contribution in [0.4, 0.5) is 4.79 Å². The number of amides is 3. The highest BCUT2D eigenvalue weighted by molar-refractivity contribution is 6.74. The highest BCUT2D eigenvalue weighted by Gasteiger charge is 2.43. The monoisotopic (exact) mass is 605 g/mol. The summed E-state index contributed by atoms with van der Waals surface area (Å²) in [5.41, 5.74) is 0.351. The molecule has 0 radical (unpaired) electrons. The predicted molar refractivity (Wildman–Crippen MR) is 174 cm³/mol. The largest absolute Gasteiger partial charge is 0.444 e. The normalized spacial score (nSPS) is 15.5. The Bertz CT molecular complexity index is 999. The molecule has 0 aliphatic heterocycles. The molecule has 0 saturated carbocycles. The van der Waals surface area contributed by atoms with Gasteiger partial charge in [0.15, 0.2) is 8.32 Å². The van der Waals surface area contributed by atoms with Crippen molar-refractivity contribution in [3.8, 4) is 0 Å². The summed E-state index contributed by atoms with van der Waals surface area (Å²) >= 11 is 0. The van der Waals surface area contributed by atoms with Gasteiger partial charge in [-0.2, -0.15) is 0 Å². The molecule has 0 saturated heterocycles. The average molecular weight is 606 g/mol. The molecule has 0 unspecified atom stereocenters. The van der Waals surface area contributed by atoms with E-state index in [0.29, 0.717) is 19.4 Å². The lowest BCUT2D eigenvalue weighted by Gasteiger charge is -2.43.